The van der Waals surface area contributed by atoms with Crippen LogP contribution in [0.4, 0.5) is 0 Å². The summed E-state index contributed by atoms with van der Waals surface area (Å²) in [6.07, 6.45) is 0. The average molecular weight is 519 g/mol. The Labute approximate surface area is 218 Å². The standard InChI is InChI=1S/C28H24Cl2N4O2/c1-3-34-25-13-20(29)12-22(30)21(25)14-26(34)28(35)33-8-9-36-27-7-5-17(10-19(27)15-33)18-4-6-23-24(11-18)32-16(2)31-23/h4-7,10-14H,3,8-9,15H2,1-2H3,(H,31,32). The number of hydrogen-bond donors (Lipinski definition) is 1. The van der Waals surface area contributed by atoms with Crippen molar-refractivity contribution in [2.75, 3.05) is 13.2 Å². The summed E-state index contributed by atoms with van der Waals surface area (Å²) in [7, 11) is 0. The van der Waals surface area contributed by atoms with E-state index in [1.54, 1.807) is 6.07 Å². The molecule has 0 aliphatic carbocycles. The summed E-state index contributed by atoms with van der Waals surface area (Å²) in [6, 6.07) is 17.8. The van der Waals surface area contributed by atoms with E-state index in [4.69, 9.17) is 27.9 Å². The molecule has 8 heteroatoms. The van der Waals surface area contributed by atoms with Gasteiger partial charge in [-0.05, 0) is 67.4 Å². The summed E-state index contributed by atoms with van der Waals surface area (Å²) in [5, 5.41) is 1.91. The fourth-order valence-electron chi connectivity index (χ4n) is 5.03. The number of nitrogens with zero attached hydrogens (tertiary/aromatic N) is 3. The number of aryl methyl sites for hydroxylation is 2. The van der Waals surface area contributed by atoms with Gasteiger partial charge in [-0.3, -0.25) is 4.79 Å². The highest BCUT2D eigenvalue weighted by molar-refractivity contribution is 6.38. The van der Waals surface area contributed by atoms with Crippen molar-refractivity contribution in [3.63, 3.8) is 0 Å². The van der Waals surface area contributed by atoms with Crippen LogP contribution in [0.3, 0.4) is 0 Å². The Morgan fingerprint density at radius 2 is 1.89 bits per heavy atom. The molecule has 0 radical (unpaired) electrons. The summed E-state index contributed by atoms with van der Waals surface area (Å²) in [5.41, 5.74) is 6.50. The molecule has 5 aromatic rings. The molecule has 0 fully saturated rings. The molecule has 2 aromatic heterocycles. The van der Waals surface area contributed by atoms with Crippen LogP contribution in [-0.2, 0) is 13.1 Å². The van der Waals surface area contributed by atoms with Crippen LogP contribution in [0.15, 0.2) is 54.6 Å². The van der Waals surface area contributed by atoms with Gasteiger partial charge in [-0.2, -0.15) is 0 Å². The molecule has 182 valence electrons. The van der Waals surface area contributed by atoms with Gasteiger partial charge in [0.05, 0.1) is 28.1 Å². The van der Waals surface area contributed by atoms with Crippen LogP contribution in [0.25, 0.3) is 33.1 Å². The van der Waals surface area contributed by atoms with Crippen molar-refractivity contribution in [1.29, 1.82) is 0 Å². The number of ether oxygens (including phenoxy) is 1. The quantitative estimate of drug-likeness (QED) is 0.284. The lowest BCUT2D eigenvalue weighted by atomic mass is 10.0. The van der Waals surface area contributed by atoms with Crippen molar-refractivity contribution < 1.29 is 9.53 Å². The average Bonchev–Trinajstić information content (AvgIpc) is 3.34. The van der Waals surface area contributed by atoms with Crippen molar-refractivity contribution in [1.82, 2.24) is 19.4 Å². The number of benzene rings is 3. The van der Waals surface area contributed by atoms with Crippen molar-refractivity contribution in [3.05, 3.63) is 81.7 Å². The topological polar surface area (TPSA) is 63.1 Å². The number of rotatable bonds is 3. The Kier molecular flexibility index (Phi) is 5.66. The fourth-order valence-corrected chi connectivity index (χ4v) is 5.56. The number of halogens is 2. The first-order valence-corrected chi connectivity index (χ1v) is 12.7. The molecule has 0 atom stereocenters. The molecule has 3 heterocycles. The van der Waals surface area contributed by atoms with Gasteiger partial charge in [0, 0.05) is 29.1 Å². The molecule has 0 bridgehead atoms. The van der Waals surface area contributed by atoms with Crippen LogP contribution < -0.4 is 4.74 Å². The molecule has 1 amide bonds. The summed E-state index contributed by atoms with van der Waals surface area (Å²) < 4.78 is 8.00. The zero-order valence-electron chi connectivity index (χ0n) is 19.9. The molecule has 36 heavy (non-hydrogen) atoms. The number of H-pyrrole nitrogens is 1. The van der Waals surface area contributed by atoms with Crippen LogP contribution in [0.2, 0.25) is 10.0 Å². The van der Waals surface area contributed by atoms with Gasteiger partial charge < -0.3 is 19.2 Å². The number of nitrogens with one attached hydrogen (secondary N) is 1. The fraction of sp³-hybridized carbons (Fsp3) is 0.214. The van der Waals surface area contributed by atoms with Crippen LogP contribution in [0, 0.1) is 6.92 Å². The Morgan fingerprint density at radius 1 is 1.08 bits per heavy atom. The van der Waals surface area contributed by atoms with Crippen LogP contribution in [-0.4, -0.2) is 38.5 Å². The van der Waals surface area contributed by atoms with E-state index in [0.717, 1.165) is 50.2 Å². The first-order valence-electron chi connectivity index (χ1n) is 11.9. The van der Waals surface area contributed by atoms with E-state index in [2.05, 4.69) is 34.2 Å². The van der Waals surface area contributed by atoms with Crippen molar-refractivity contribution in [2.24, 2.45) is 0 Å². The van der Waals surface area contributed by atoms with E-state index < -0.39 is 0 Å². The Bertz CT molecular complexity index is 1650. The normalized spacial score (nSPS) is 13.6. The number of imidazole rings is 1. The number of fused-ring (bicyclic) bond motifs is 3. The Morgan fingerprint density at radius 3 is 2.72 bits per heavy atom. The molecular formula is C28H24Cl2N4O2. The van der Waals surface area contributed by atoms with Crippen molar-refractivity contribution >= 4 is 51.0 Å². The van der Waals surface area contributed by atoms with Gasteiger partial charge in [0.1, 0.15) is 23.9 Å². The van der Waals surface area contributed by atoms with Crippen LogP contribution in [0.1, 0.15) is 28.8 Å². The molecule has 0 saturated heterocycles. The van der Waals surface area contributed by atoms with E-state index in [0.29, 0.717) is 42.0 Å². The SMILES string of the molecule is CCn1c(C(=O)N2CCOc3ccc(-c4ccc5nc(C)[nH]c5c4)cc3C2)cc2c(Cl)cc(Cl)cc21. The second-order valence-electron chi connectivity index (χ2n) is 9.05. The van der Waals surface area contributed by atoms with E-state index >= 15 is 0 Å². The molecule has 1 aliphatic heterocycles. The summed E-state index contributed by atoms with van der Waals surface area (Å²) >= 11 is 12.7. The smallest absolute Gasteiger partial charge is 0.270 e. The lowest BCUT2D eigenvalue weighted by molar-refractivity contribution is 0.0723. The lowest BCUT2D eigenvalue weighted by Gasteiger charge is -2.21. The van der Waals surface area contributed by atoms with Crippen LogP contribution in [0.5, 0.6) is 5.75 Å². The van der Waals surface area contributed by atoms with Gasteiger partial charge in [-0.25, -0.2) is 4.98 Å². The molecule has 0 unspecified atom stereocenters. The molecule has 3 aromatic carbocycles. The summed E-state index contributed by atoms with van der Waals surface area (Å²) in [6.45, 7) is 5.95. The monoisotopic (exact) mass is 518 g/mol. The second-order valence-corrected chi connectivity index (χ2v) is 9.89. The third-order valence-electron chi connectivity index (χ3n) is 6.73. The summed E-state index contributed by atoms with van der Waals surface area (Å²) in [5.74, 6) is 1.63. The zero-order valence-corrected chi connectivity index (χ0v) is 21.5. The van der Waals surface area contributed by atoms with E-state index in [-0.39, 0.29) is 5.91 Å². The van der Waals surface area contributed by atoms with Gasteiger partial charge in [0.25, 0.3) is 5.91 Å². The predicted molar refractivity (Wildman–Crippen MR) is 144 cm³/mol. The largest absolute Gasteiger partial charge is 0.491 e. The van der Waals surface area contributed by atoms with Gasteiger partial charge in [0.2, 0.25) is 0 Å². The number of aromatic amines is 1. The number of aromatic nitrogens is 3. The van der Waals surface area contributed by atoms with Crippen molar-refractivity contribution in [2.45, 2.75) is 26.9 Å². The first kappa shape index (κ1) is 23.0. The Balaban J connectivity index is 1.35. The minimum Gasteiger partial charge on any atom is -0.491 e. The maximum atomic E-state index is 13.8. The van der Waals surface area contributed by atoms with Crippen molar-refractivity contribution in [3.8, 4) is 16.9 Å². The summed E-state index contributed by atoms with van der Waals surface area (Å²) in [4.78, 5) is 23.4. The minimum atomic E-state index is -0.0588. The third kappa shape index (κ3) is 3.91. The highest BCUT2D eigenvalue weighted by atomic mass is 35.5. The zero-order chi connectivity index (χ0) is 25.0. The molecule has 0 spiro atoms. The number of carbonyl (C=O) groups is 1. The molecule has 1 aliphatic rings. The maximum absolute atomic E-state index is 13.8. The molecular weight excluding hydrogens is 495 g/mol. The van der Waals surface area contributed by atoms with Crippen LogP contribution >= 0.6 is 23.2 Å². The van der Waals surface area contributed by atoms with Gasteiger partial charge in [-0.1, -0.05) is 35.3 Å². The van der Waals surface area contributed by atoms with Gasteiger partial charge >= 0.3 is 0 Å². The number of hydrogen-bond acceptors (Lipinski definition) is 3. The Hall–Kier alpha value is -3.48. The minimum absolute atomic E-state index is 0.0588. The van der Waals surface area contributed by atoms with E-state index in [9.17, 15) is 4.79 Å². The molecule has 0 saturated carbocycles. The highest BCUT2D eigenvalue weighted by Gasteiger charge is 2.25. The predicted octanol–water partition coefficient (Wildman–Crippen LogP) is 6.85. The molecule has 1 N–H and O–H groups in total. The number of carbonyl (C=O) groups excluding carboxylic acids is 1. The molecule has 6 nitrogen and oxygen atoms in total. The highest BCUT2D eigenvalue weighted by Crippen LogP contribution is 2.33. The lowest BCUT2D eigenvalue weighted by Crippen LogP contribution is -2.33. The van der Waals surface area contributed by atoms with E-state index in [1.165, 1.54) is 0 Å². The molecule has 6 rings (SSSR count). The first-order chi connectivity index (χ1) is 17.4. The third-order valence-corrected chi connectivity index (χ3v) is 7.26. The number of amides is 1. The second kappa shape index (κ2) is 8.87. The van der Waals surface area contributed by atoms with Gasteiger partial charge in [-0.15, -0.1) is 0 Å². The maximum Gasteiger partial charge on any atom is 0.270 e. The van der Waals surface area contributed by atoms with Gasteiger partial charge in [0.15, 0.2) is 0 Å². The van der Waals surface area contributed by atoms with E-state index in [1.807, 2.05) is 47.6 Å².